The van der Waals surface area contributed by atoms with Gasteiger partial charge in [0.25, 0.3) is 0 Å². The molecule has 0 radical (unpaired) electrons. The van der Waals surface area contributed by atoms with Crippen LogP contribution in [0, 0.1) is 12.3 Å². The summed E-state index contributed by atoms with van der Waals surface area (Å²) in [6.45, 7) is 0.0895. The largest absolute Gasteiger partial charge is 0.479 e. The molecule has 0 aliphatic heterocycles. The molecule has 0 aliphatic carbocycles. The third kappa shape index (κ3) is 2.83. The molecular formula is C16H10F3N3O. The van der Waals surface area contributed by atoms with Crippen molar-refractivity contribution in [2.24, 2.45) is 0 Å². The normalized spacial score (nSPS) is 11.4. The molecule has 23 heavy (non-hydrogen) atoms. The molecule has 3 rings (SSSR count). The third-order valence-corrected chi connectivity index (χ3v) is 3.19. The summed E-state index contributed by atoms with van der Waals surface area (Å²) in [6.07, 6.45) is 0.782. The number of hydrogen-bond acceptors (Lipinski definition) is 3. The van der Waals surface area contributed by atoms with Crippen molar-refractivity contribution in [1.29, 1.82) is 0 Å². The van der Waals surface area contributed by atoms with Crippen molar-refractivity contribution in [1.82, 2.24) is 15.0 Å². The first kappa shape index (κ1) is 14.9. The van der Waals surface area contributed by atoms with Crippen LogP contribution in [0.15, 0.2) is 42.5 Å². The van der Waals surface area contributed by atoms with Crippen molar-refractivity contribution < 1.29 is 17.9 Å². The third-order valence-electron chi connectivity index (χ3n) is 3.19. The van der Waals surface area contributed by atoms with Gasteiger partial charge in [0.2, 0.25) is 0 Å². The van der Waals surface area contributed by atoms with Gasteiger partial charge in [-0.3, -0.25) is 0 Å². The zero-order chi connectivity index (χ0) is 16.4. The standard InChI is InChI=1S/C16H10F3N3O/c1-2-10-23-14-5-3-4-13-15(14)20-21-22(13)12-8-6-11(7-9-12)16(17,18)19/h1,3-9H,10H2. The van der Waals surface area contributed by atoms with Crippen molar-refractivity contribution >= 4 is 11.0 Å². The molecule has 2 aromatic carbocycles. The molecule has 0 spiro atoms. The number of terminal acetylenes is 1. The molecule has 0 saturated heterocycles. The van der Waals surface area contributed by atoms with Gasteiger partial charge < -0.3 is 4.74 Å². The SMILES string of the molecule is C#CCOc1cccc2c1nnn2-c1ccc(C(F)(F)F)cc1. The maximum absolute atomic E-state index is 12.6. The van der Waals surface area contributed by atoms with Gasteiger partial charge in [-0.2, -0.15) is 13.2 Å². The Morgan fingerprint density at radius 2 is 1.87 bits per heavy atom. The summed E-state index contributed by atoms with van der Waals surface area (Å²) in [4.78, 5) is 0. The Morgan fingerprint density at radius 3 is 2.52 bits per heavy atom. The molecule has 0 aliphatic rings. The maximum atomic E-state index is 12.6. The van der Waals surface area contributed by atoms with Crippen LogP contribution in [0.5, 0.6) is 5.75 Å². The minimum absolute atomic E-state index is 0.0895. The second-order valence-electron chi connectivity index (χ2n) is 4.66. The summed E-state index contributed by atoms with van der Waals surface area (Å²) < 4.78 is 44.7. The highest BCUT2D eigenvalue weighted by atomic mass is 19.4. The lowest BCUT2D eigenvalue weighted by molar-refractivity contribution is -0.137. The zero-order valence-electron chi connectivity index (χ0n) is 11.7. The number of ether oxygens (including phenoxy) is 1. The van der Waals surface area contributed by atoms with Crippen LogP contribution < -0.4 is 4.74 Å². The topological polar surface area (TPSA) is 39.9 Å². The van der Waals surface area contributed by atoms with Crippen LogP contribution >= 0.6 is 0 Å². The lowest BCUT2D eigenvalue weighted by Crippen LogP contribution is -2.05. The average Bonchev–Trinajstić information content (AvgIpc) is 2.97. The van der Waals surface area contributed by atoms with Crippen molar-refractivity contribution in [2.75, 3.05) is 6.61 Å². The minimum atomic E-state index is -4.38. The van der Waals surface area contributed by atoms with Gasteiger partial charge in [-0.15, -0.1) is 11.5 Å². The Hall–Kier alpha value is -3.01. The van der Waals surface area contributed by atoms with E-state index >= 15 is 0 Å². The molecule has 0 amide bonds. The van der Waals surface area contributed by atoms with Gasteiger partial charge in [-0.05, 0) is 36.4 Å². The van der Waals surface area contributed by atoms with Crippen LogP contribution in [0.25, 0.3) is 16.7 Å². The van der Waals surface area contributed by atoms with E-state index in [-0.39, 0.29) is 6.61 Å². The maximum Gasteiger partial charge on any atom is 0.416 e. The zero-order valence-corrected chi connectivity index (χ0v) is 11.7. The number of fused-ring (bicyclic) bond motifs is 1. The van der Waals surface area contributed by atoms with E-state index in [0.717, 1.165) is 12.1 Å². The molecule has 0 fully saturated rings. The van der Waals surface area contributed by atoms with E-state index in [0.29, 0.717) is 22.5 Å². The lowest BCUT2D eigenvalue weighted by Gasteiger charge is -2.08. The highest BCUT2D eigenvalue weighted by Crippen LogP contribution is 2.30. The number of alkyl halides is 3. The molecule has 0 unspecified atom stereocenters. The average molecular weight is 317 g/mol. The number of halogens is 3. The summed E-state index contributed by atoms with van der Waals surface area (Å²) in [7, 11) is 0. The van der Waals surface area contributed by atoms with E-state index in [9.17, 15) is 13.2 Å². The Labute approximate surface area is 129 Å². The van der Waals surface area contributed by atoms with Crippen molar-refractivity contribution in [3.63, 3.8) is 0 Å². The Bertz CT molecular complexity index is 876. The van der Waals surface area contributed by atoms with E-state index < -0.39 is 11.7 Å². The molecule has 1 heterocycles. The molecule has 7 heteroatoms. The lowest BCUT2D eigenvalue weighted by atomic mass is 10.2. The first-order chi connectivity index (χ1) is 11.0. The quantitative estimate of drug-likeness (QED) is 0.695. The monoisotopic (exact) mass is 317 g/mol. The van der Waals surface area contributed by atoms with Crippen LogP contribution in [0.4, 0.5) is 13.2 Å². The van der Waals surface area contributed by atoms with E-state index in [1.165, 1.54) is 16.8 Å². The first-order valence-corrected chi connectivity index (χ1v) is 6.59. The summed E-state index contributed by atoms with van der Waals surface area (Å²) in [5.74, 6) is 2.83. The van der Waals surface area contributed by atoms with Crippen LogP contribution in [0.3, 0.4) is 0 Å². The molecule has 0 N–H and O–H groups in total. The molecule has 0 bridgehead atoms. The van der Waals surface area contributed by atoms with E-state index in [2.05, 4.69) is 16.2 Å². The summed E-state index contributed by atoms with van der Waals surface area (Å²) in [5.41, 5.74) is 0.847. The Morgan fingerprint density at radius 1 is 1.13 bits per heavy atom. The second-order valence-corrected chi connectivity index (χ2v) is 4.66. The van der Waals surface area contributed by atoms with Gasteiger partial charge in [-0.25, -0.2) is 4.68 Å². The first-order valence-electron chi connectivity index (χ1n) is 6.59. The molecule has 116 valence electrons. The van der Waals surface area contributed by atoms with Crippen molar-refractivity contribution in [2.45, 2.75) is 6.18 Å². The van der Waals surface area contributed by atoms with Crippen molar-refractivity contribution in [3.8, 4) is 23.8 Å². The number of nitrogens with zero attached hydrogens (tertiary/aromatic N) is 3. The highest BCUT2D eigenvalue weighted by Gasteiger charge is 2.30. The van der Waals surface area contributed by atoms with Crippen LogP contribution in [-0.4, -0.2) is 21.6 Å². The summed E-state index contributed by atoms with van der Waals surface area (Å²) in [5, 5.41) is 8.00. The minimum Gasteiger partial charge on any atom is -0.479 e. The van der Waals surface area contributed by atoms with E-state index in [4.69, 9.17) is 11.2 Å². The van der Waals surface area contributed by atoms with E-state index in [1.54, 1.807) is 18.2 Å². The number of benzene rings is 2. The number of hydrogen-bond donors (Lipinski definition) is 0. The van der Waals surface area contributed by atoms with Gasteiger partial charge in [0, 0.05) is 0 Å². The summed E-state index contributed by atoms with van der Waals surface area (Å²) in [6, 6.07) is 9.86. The van der Waals surface area contributed by atoms with Crippen LogP contribution in [0.1, 0.15) is 5.56 Å². The van der Waals surface area contributed by atoms with Gasteiger partial charge in [-0.1, -0.05) is 17.2 Å². The molecule has 0 saturated carbocycles. The van der Waals surface area contributed by atoms with Gasteiger partial charge in [0.15, 0.2) is 11.3 Å². The summed E-state index contributed by atoms with van der Waals surface area (Å²) >= 11 is 0. The van der Waals surface area contributed by atoms with Gasteiger partial charge >= 0.3 is 6.18 Å². The molecule has 3 aromatic rings. The number of aromatic nitrogens is 3. The molecule has 0 atom stereocenters. The van der Waals surface area contributed by atoms with Crippen LogP contribution in [0.2, 0.25) is 0 Å². The predicted octanol–water partition coefficient (Wildman–Crippen LogP) is 3.45. The smallest absolute Gasteiger partial charge is 0.416 e. The fourth-order valence-corrected chi connectivity index (χ4v) is 2.14. The van der Waals surface area contributed by atoms with E-state index in [1.807, 2.05) is 0 Å². The van der Waals surface area contributed by atoms with Crippen molar-refractivity contribution in [3.05, 3.63) is 48.0 Å². The van der Waals surface area contributed by atoms with Gasteiger partial charge in [0.1, 0.15) is 6.61 Å². The fraction of sp³-hybridized carbons (Fsp3) is 0.125. The Balaban J connectivity index is 2.02. The fourth-order valence-electron chi connectivity index (χ4n) is 2.14. The number of rotatable bonds is 3. The van der Waals surface area contributed by atoms with Gasteiger partial charge in [0.05, 0.1) is 16.8 Å². The molecular weight excluding hydrogens is 307 g/mol. The second kappa shape index (κ2) is 5.65. The highest BCUT2D eigenvalue weighted by molar-refractivity contribution is 5.82. The predicted molar refractivity (Wildman–Crippen MR) is 78.2 cm³/mol. The molecule has 1 aromatic heterocycles. The van der Waals surface area contributed by atoms with Crippen LogP contribution in [-0.2, 0) is 6.18 Å². The Kier molecular flexibility index (Phi) is 3.66. The molecule has 4 nitrogen and oxygen atoms in total.